The molecule has 0 N–H and O–H groups in total. The van der Waals surface area contributed by atoms with Gasteiger partial charge in [0.05, 0.1) is 11.9 Å². The van der Waals surface area contributed by atoms with Crippen LogP contribution in [0, 0.1) is 5.82 Å². The number of halogens is 1. The lowest BCUT2D eigenvalue weighted by Gasteiger charge is -1.99. The molecule has 0 fully saturated rings. The summed E-state index contributed by atoms with van der Waals surface area (Å²) in [5, 5.41) is 4.41. The zero-order chi connectivity index (χ0) is 12.1. The predicted molar refractivity (Wildman–Crippen MR) is 64.9 cm³/mol. The molecule has 0 aromatic carbocycles. The van der Waals surface area contributed by atoms with Crippen molar-refractivity contribution in [2.24, 2.45) is 0 Å². The number of nitrogens with zero attached hydrogens (tertiary/aromatic N) is 3. The highest BCUT2D eigenvalue weighted by atomic mass is 19.1. The SMILES string of the molecule is CCCCCn1ccc(-c2ccc(F)cn2)n1. The molecular formula is C13H16FN3. The normalized spacial score (nSPS) is 10.7. The lowest BCUT2D eigenvalue weighted by molar-refractivity contribution is 0.554. The number of rotatable bonds is 5. The number of pyridine rings is 1. The highest BCUT2D eigenvalue weighted by Crippen LogP contribution is 2.14. The van der Waals surface area contributed by atoms with E-state index >= 15 is 0 Å². The Morgan fingerprint density at radius 3 is 2.76 bits per heavy atom. The second kappa shape index (κ2) is 5.57. The molecule has 2 aromatic rings. The Morgan fingerprint density at radius 1 is 1.18 bits per heavy atom. The largest absolute Gasteiger partial charge is 0.272 e. The van der Waals surface area contributed by atoms with Crippen LogP contribution in [0.25, 0.3) is 11.4 Å². The van der Waals surface area contributed by atoms with Crippen LogP contribution >= 0.6 is 0 Å². The van der Waals surface area contributed by atoms with Gasteiger partial charge in [0.15, 0.2) is 0 Å². The van der Waals surface area contributed by atoms with Crippen molar-refractivity contribution in [1.82, 2.24) is 14.8 Å². The molecule has 2 rings (SSSR count). The van der Waals surface area contributed by atoms with Crippen LogP contribution in [0.4, 0.5) is 4.39 Å². The molecule has 0 aliphatic carbocycles. The maximum Gasteiger partial charge on any atom is 0.141 e. The van der Waals surface area contributed by atoms with Crippen molar-refractivity contribution in [3.05, 3.63) is 36.4 Å². The van der Waals surface area contributed by atoms with Gasteiger partial charge in [-0.2, -0.15) is 5.10 Å². The van der Waals surface area contributed by atoms with Gasteiger partial charge in [-0.3, -0.25) is 9.67 Å². The van der Waals surface area contributed by atoms with E-state index in [1.807, 2.05) is 16.9 Å². The summed E-state index contributed by atoms with van der Waals surface area (Å²) < 4.78 is 14.6. The van der Waals surface area contributed by atoms with E-state index in [0.29, 0.717) is 5.69 Å². The molecule has 2 heterocycles. The summed E-state index contributed by atoms with van der Waals surface area (Å²) in [4.78, 5) is 4.01. The molecule has 0 aliphatic rings. The number of hydrogen-bond acceptors (Lipinski definition) is 2. The summed E-state index contributed by atoms with van der Waals surface area (Å²) in [6.45, 7) is 3.10. The van der Waals surface area contributed by atoms with Gasteiger partial charge in [0.2, 0.25) is 0 Å². The lowest BCUT2D eigenvalue weighted by Crippen LogP contribution is -1.98. The molecular weight excluding hydrogens is 217 g/mol. The van der Waals surface area contributed by atoms with E-state index in [1.165, 1.54) is 25.1 Å². The van der Waals surface area contributed by atoms with E-state index in [2.05, 4.69) is 17.0 Å². The topological polar surface area (TPSA) is 30.7 Å². The number of aromatic nitrogens is 3. The zero-order valence-corrected chi connectivity index (χ0v) is 9.93. The smallest absolute Gasteiger partial charge is 0.141 e. The van der Waals surface area contributed by atoms with Gasteiger partial charge in [0, 0.05) is 12.7 Å². The standard InChI is InChI=1S/C13H16FN3/c1-2-3-4-8-17-9-7-13(16-17)12-6-5-11(14)10-15-12/h5-7,9-10H,2-4,8H2,1H3. The van der Waals surface area contributed by atoms with E-state index in [4.69, 9.17) is 0 Å². The molecule has 2 aromatic heterocycles. The van der Waals surface area contributed by atoms with Crippen molar-refractivity contribution >= 4 is 0 Å². The molecule has 17 heavy (non-hydrogen) atoms. The van der Waals surface area contributed by atoms with Gasteiger partial charge in [0.25, 0.3) is 0 Å². The molecule has 0 spiro atoms. The van der Waals surface area contributed by atoms with Gasteiger partial charge in [-0.05, 0) is 24.6 Å². The zero-order valence-electron chi connectivity index (χ0n) is 9.93. The third kappa shape index (κ3) is 3.12. The molecule has 3 nitrogen and oxygen atoms in total. The first-order chi connectivity index (χ1) is 8.29. The van der Waals surface area contributed by atoms with Gasteiger partial charge in [0.1, 0.15) is 11.5 Å². The number of aryl methyl sites for hydroxylation is 1. The highest BCUT2D eigenvalue weighted by molar-refractivity contribution is 5.52. The van der Waals surface area contributed by atoms with E-state index in [-0.39, 0.29) is 5.82 Å². The Morgan fingerprint density at radius 2 is 2.06 bits per heavy atom. The fraction of sp³-hybridized carbons (Fsp3) is 0.385. The molecule has 0 saturated carbocycles. The van der Waals surface area contributed by atoms with Crippen LogP contribution in [0.15, 0.2) is 30.6 Å². The molecule has 0 amide bonds. The van der Waals surface area contributed by atoms with Crippen molar-refractivity contribution in [3.8, 4) is 11.4 Å². The first-order valence-corrected chi connectivity index (χ1v) is 5.95. The van der Waals surface area contributed by atoms with E-state index in [9.17, 15) is 4.39 Å². The second-order valence-corrected chi connectivity index (χ2v) is 4.03. The van der Waals surface area contributed by atoms with E-state index in [0.717, 1.165) is 18.7 Å². The monoisotopic (exact) mass is 233 g/mol. The van der Waals surface area contributed by atoms with Crippen molar-refractivity contribution in [2.45, 2.75) is 32.7 Å². The summed E-state index contributed by atoms with van der Waals surface area (Å²) in [5.41, 5.74) is 1.50. The van der Waals surface area contributed by atoms with Gasteiger partial charge in [-0.25, -0.2) is 4.39 Å². The van der Waals surface area contributed by atoms with E-state index < -0.39 is 0 Å². The molecule has 0 saturated heterocycles. The minimum Gasteiger partial charge on any atom is -0.272 e. The molecule has 0 unspecified atom stereocenters. The van der Waals surface area contributed by atoms with Crippen LogP contribution in [0.5, 0.6) is 0 Å². The average molecular weight is 233 g/mol. The molecule has 4 heteroatoms. The summed E-state index contributed by atoms with van der Waals surface area (Å²) in [6.07, 6.45) is 6.70. The third-order valence-electron chi connectivity index (χ3n) is 2.62. The van der Waals surface area contributed by atoms with Crippen LogP contribution < -0.4 is 0 Å². The first kappa shape index (κ1) is 11.8. The Hall–Kier alpha value is -1.71. The van der Waals surface area contributed by atoms with Crippen molar-refractivity contribution < 1.29 is 4.39 Å². The van der Waals surface area contributed by atoms with Crippen molar-refractivity contribution in [1.29, 1.82) is 0 Å². The average Bonchev–Trinajstić information content (AvgIpc) is 2.79. The van der Waals surface area contributed by atoms with Crippen LogP contribution in [-0.2, 0) is 6.54 Å². The molecule has 90 valence electrons. The van der Waals surface area contributed by atoms with E-state index in [1.54, 1.807) is 6.07 Å². The summed E-state index contributed by atoms with van der Waals surface area (Å²) >= 11 is 0. The van der Waals surface area contributed by atoms with Gasteiger partial charge >= 0.3 is 0 Å². The van der Waals surface area contributed by atoms with Crippen LogP contribution in [0.1, 0.15) is 26.2 Å². The Kier molecular flexibility index (Phi) is 3.85. The Balaban J connectivity index is 2.04. The van der Waals surface area contributed by atoms with Crippen LogP contribution in [0.3, 0.4) is 0 Å². The van der Waals surface area contributed by atoms with Crippen LogP contribution in [0.2, 0.25) is 0 Å². The van der Waals surface area contributed by atoms with Gasteiger partial charge < -0.3 is 0 Å². The summed E-state index contributed by atoms with van der Waals surface area (Å²) in [7, 11) is 0. The van der Waals surface area contributed by atoms with Crippen molar-refractivity contribution in [2.75, 3.05) is 0 Å². The predicted octanol–water partition coefficient (Wildman–Crippen LogP) is 3.27. The third-order valence-corrected chi connectivity index (χ3v) is 2.62. The fourth-order valence-corrected chi connectivity index (χ4v) is 1.67. The fourth-order valence-electron chi connectivity index (χ4n) is 1.67. The minimum atomic E-state index is -0.323. The first-order valence-electron chi connectivity index (χ1n) is 5.95. The maximum absolute atomic E-state index is 12.7. The lowest BCUT2D eigenvalue weighted by atomic mass is 10.2. The maximum atomic E-state index is 12.7. The Labute approximate surface area is 100 Å². The van der Waals surface area contributed by atoms with Crippen LogP contribution in [-0.4, -0.2) is 14.8 Å². The second-order valence-electron chi connectivity index (χ2n) is 4.03. The molecule has 0 radical (unpaired) electrons. The number of unbranched alkanes of at least 4 members (excludes halogenated alkanes) is 2. The quantitative estimate of drug-likeness (QED) is 0.742. The molecule has 0 bridgehead atoms. The summed E-state index contributed by atoms with van der Waals surface area (Å²) in [6, 6.07) is 4.96. The van der Waals surface area contributed by atoms with Crippen molar-refractivity contribution in [3.63, 3.8) is 0 Å². The molecule has 0 aliphatic heterocycles. The van der Waals surface area contributed by atoms with Gasteiger partial charge in [-0.15, -0.1) is 0 Å². The highest BCUT2D eigenvalue weighted by Gasteiger charge is 2.03. The summed E-state index contributed by atoms with van der Waals surface area (Å²) in [5.74, 6) is -0.323. The Bertz CT molecular complexity index is 462. The number of hydrogen-bond donors (Lipinski definition) is 0. The minimum absolute atomic E-state index is 0.323. The molecule has 0 atom stereocenters. The van der Waals surface area contributed by atoms with Gasteiger partial charge in [-0.1, -0.05) is 19.8 Å².